The maximum absolute atomic E-state index is 13.3. The van der Waals surface area contributed by atoms with E-state index in [9.17, 15) is 19.2 Å². The molecule has 2 heterocycles. The Kier molecular flexibility index (Phi) is 9.38. The maximum Gasteiger partial charge on any atom is 0.245 e. The number of benzene rings is 1. The monoisotopic (exact) mass is 488 g/mol. The average Bonchev–Trinajstić information content (AvgIpc) is 3.32. The van der Waals surface area contributed by atoms with Crippen molar-refractivity contribution in [1.82, 2.24) is 20.4 Å². The molecule has 0 spiro atoms. The molecular formula is C25H36N4O4S. The Bertz CT molecular complexity index is 909. The smallest absolute Gasteiger partial charge is 0.245 e. The highest BCUT2D eigenvalue weighted by Crippen LogP contribution is 2.21. The zero-order valence-electron chi connectivity index (χ0n) is 20.1. The minimum Gasteiger partial charge on any atom is -0.350 e. The number of hydrogen-bond acceptors (Lipinski definition) is 5. The second-order valence-corrected chi connectivity index (χ2v) is 9.67. The molecule has 1 aromatic carbocycles. The van der Waals surface area contributed by atoms with E-state index in [1.807, 2.05) is 24.3 Å². The Morgan fingerprint density at radius 3 is 2.59 bits per heavy atom. The van der Waals surface area contributed by atoms with Crippen molar-refractivity contribution < 1.29 is 19.2 Å². The summed E-state index contributed by atoms with van der Waals surface area (Å²) in [6.07, 6.45) is 4.61. The molecule has 0 aromatic heterocycles. The molecule has 2 aliphatic heterocycles. The van der Waals surface area contributed by atoms with Crippen LogP contribution in [-0.4, -0.2) is 70.9 Å². The highest BCUT2D eigenvalue weighted by Gasteiger charge is 2.38. The van der Waals surface area contributed by atoms with E-state index in [0.29, 0.717) is 32.4 Å². The van der Waals surface area contributed by atoms with Crippen molar-refractivity contribution in [1.29, 1.82) is 0 Å². The molecule has 8 nitrogen and oxygen atoms in total. The molecule has 3 atom stereocenters. The number of unbranched alkanes of at least 4 members (excludes halogenated alkanes) is 2. The number of carbonyl (C=O) groups is 4. The Morgan fingerprint density at radius 1 is 1.06 bits per heavy atom. The molecule has 2 bridgehead atoms. The lowest BCUT2D eigenvalue weighted by molar-refractivity contribution is -0.146. The van der Waals surface area contributed by atoms with Gasteiger partial charge in [-0.1, -0.05) is 37.1 Å². The van der Waals surface area contributed by atoms with Crippen molar-refractivity contribution in [3.63, 3.8) is 0 Å². The topological polar surface area (TPSA) is 98.8 Å². The van der Waals surface area contributed by atoms with Crippen LogP contribution < -0.4 is 10.6 Å². The van der Waals surface area contributed by atoms with Crippen LogP contribution in [0.5, 0.6) is 0 Å². The van der Waals surface area contributed by atoms with Gasteiger partial charge in [0.25, 0.3) is 0 Å². The largest absolute Gasteiger partial charge is 0.350 e. The van der Waals surface area contributed by atoms with Gasteiger partial charge in [0.05, 0.1) is 6.42 Å². The Morgan fingerprint density at radius 2 is 1.82 bits per heavy atom. The molecule has 3 rings (SSSR count). The lowest BCUT2D eigenvalue weighted by Gasteiger charge is -2.32. The number of nitrogens with zero attached hydrogens (tertiary/aromatic N) is 2. The van der Waals surface area contributed by atoms with Crippen LogP contribution in [0, 0.1) is 0 Å². The van der Waals surface area contributed by atoms with Gasteiger partial charge in [-0.05, 0) is 49.5 Å². The van der Waals surface area contributed by atoms with Crippen LogP contribution in [-0.2, 0) is 32.1 Å². The van der Waals surface area contributed by atoms with Crippen molar-refractivity contribution in [2.45, 2.75) is 76.5 Å². The first-order valence-electron chi connectivity index (χ1n) is 12.1. The van der Waals surface area contributed by atoms with Crippen LogP contribution in [0.25, 0.3) is 0 Å². The van der Waals surface area contributed by atoms with Gasteiger partial charge < -0.3 is 20.4 Å². The molecule has 1 saturated heterocycles. The molecule has 2 aliphatic rings. The van der Waals surface area contributed by atoms with E-state index in [4.69, 9.17) is 0 Å². The van der Waals surface area contributed by atoms with Gasteiger partial charge in [0.1, 0.15) is 18.1 Å². The fourth-order valence-corrected chi connectivity index (χ4v) is 4.78. The number of carbonyl (C=O) groups excluding carboxylic acids is 4. The summed E-state index contributed by atoms with van der Waals surface area (Å²) in [6, 6.07) is 5.53. The average molecular weight is 489 g/mol. The number of nitrogens with one attached hydrogen (secondary N) is 2. The highest BCUT2D eigenvalue weighted by atomic mass is 32.1. The summed E-state index contributed by atoms with van der Waals surface area (Å²) in [7, 11) is 1.63. The highest BCUT2D eigenvalue weighted by molar-refractivity contribution is 7.80. The van der Waals surface area contributed by atoms with E-state index >= 15 is 0 Å². The zero-order chi connectivity index (χ0) is 24.7. The molecule has 0 aliphatic carbocycles. The fraction of sp³-hybridized carbons (Fsp3) is 0.600. The second kappa shape index (κ2) is 12.2. The molecule has 0 unspecified atom stereocenters. The number of hydrogen-bond donors (Lipinski definition) is 3. The molecule has 0 saturated carbocycles. The van der Waals surface area contributed by atoms with Crippen LogP contribution in [0.1, 0.15) is 56.6 Å². The lowest BCUT2D eigenvalue weighted by Crippen LogP contribution is -2.56. The molecule has 4 amide bonds. The molecule has 9 heteroatoms. The minimum atomic E-state index is -0.683. The second-order valence-electron chi connectivity index (χ2n) is 9.22. The SMILES string of the molecule is C[C@H]1C(=O)N2CCC[C@@H]2C(=O)N[C@@H](CCCCCS)C(=O)NCc2cccc(c2)CC(=O)N1C. The van der Waals surface area contributed by atoms with Crippen molar-refractivity contribution in [2.75, 3.05) is 19.3 Å². The van der Waals surface area contributed by atoms with Crippen LogP contribution in [0.15, 0.2) is 24.3 Å². The van der Waals surface area contributed by atoms with Gasteiger partial charge in [-0.25, -0.2) is 0 Å². The first kappa shape index (κ1) is 26.1. The Hall–Kier alpha value is -2.55. The number of amides is 4. The third-order valence-electron chi connectivity index (χ3n) is 6.77. The van der Waals surface area contributed by atoms with Crippen molar-refractivity contribution in [3.05, 3.63) is 35.4 Å². The van der Waals surface area contributed by atoms with E-state index < -0.39 is 18.1 Å². The van der Waals surface area contributed by atoms with Crippen molar-refractivity contribution in [2.24, 2.45) is 0 Å². The van der Waals surface area contributed by atoms with E-state index in [2.05, 4.69) is 23.3 Å². The van der Waals surface area contributed by atoms with E-state index in [0.717, 1.165) is 36.1 Å². The molecule has 1 aromatic rings. The summed E-state index contributed by atoms with van der Waals surface area (Å²) in [4.78, 5) is 55.4. The quantitative estimate of drug-likeness (QED) is 0.434. The number of fused-ring (bicyclic) bond motifs is 3. The molecule has 1 fully saturated rings. The van der Waals surface area contributed by atoms with Gasteiger partial charge in [0.15, 0.2) is 0 Å². The molecule has 2 N–H and O–H groups in total. The summed E-state index contributed by atoms with van der Waals surface area (Å²) >= 11 is 4.24. The zero-order valence-corrected chi connectivity index (χ0v) is 21.0. The van der Waals surface area contributed by atoms with E-state index in [-0.39, 0.29) is 30.0 Å². The minimum absolute atomic E-state index is 0.160. The first-order chi connectivity index (χ1) is 16.3. The van der Waals surface area contributed by atoms with E-state index in [1.54, 1.807) is 18.9 Å². The summed E-state index contributed by atoms with van der Waals surface area (Å²) in [5.74, 6) is -0.180. The number of thiol groups is 1. The lowest BCUT2D eigenvalue weighted by atomic mass is 10.0. The van der Waals surface area contributed by atoms with Gasteiger partial charge in [0, 0.05) is 20.1 Å². The third-order valence-corrected chi connectivity index (χ3v) is 7.08. The number of rotatable bonds is 5. The first-order valence-corrected chi connectivity index (χ1v) is 12.8. The van der Waals surface area contributed by atoms with Gasteiger partial charge in [0.2, 0.25) is 23.6 Å². The molecular weight excluding hydrogens is 452 g/mol. The predicted molar refractivity (Wildman–Crippen MR) is 133 cm³/mol. The predicted octanol–water partition coefficient (Wildman–Crippen LogP) is 1.67. The Labute approximate surface area is 207 Å². The number of likely N-dealkylation sites (N-methyl/N-ethyl adjacent to an activating group) is 1. The molecule has 186 valence electrons. The van der Waals surface area contributed by atoms with Crippen molar-refractivity contribution >= 4 is 36.3 Å². The van der Waals surface area contributed by atoms with E-state index in [1.165, 1.54) is 4.90 Å². The van der Waals surface area contributed by atoms with Crippen molar-refractivity contribution in [3.8, 4) is 0 Å². The van der Waals surface area contributed by atoms with Gasteiger partial charge in [-0.15, -0.1) is 0 Å². The van der Waals surface area contributed by atoms with Crippen LogP contribution in [0.3, 0.4) is 0 Å². The summed E-state index contributed by atoms with van der Waals surface area (Å²) < 4.78 is 0. The normalized spacial score (nSPS) is 24.6. The van der Waals surface area contributed by atoms with Gasteiger partial charge in [-0.2, -0.15) is 12.6 Å². The summed E-state index contributed by atoms with van der Waals surface area (Å²) in [6.45, 7) is 2.47. The molecule has 34 heavy (non-hydrogen) atoms. The standard InChI is InChI=1S/C25H36N4O4S/c1-17-25(33)29-12-7-11-21(29)24(32)27-20(10-4-3-5-13-34)23(31)26-16-19-9-6-8-18(14-19)15-22(30)28(17)2/h6,8-9,14,17,20-21,34H,3-5,7,10-13,15-16H2,1-2H3,(H,26,31)(H,27,32)/t17-,20-,21+/m0/s1. The van der Waals surface area contributed by atoms with Gasteiger partial charge in [-0.3, -0.25) is 19.2 Å². The third kappa shape index (κ3) is 6.52. The Balaban J connectivity index is 1.87. The summed E-state index contributed by atoms with van der Waals surface area (Å²) in [5.41, 5.74) is 1.70. The van der Waals surface area contributed by atoms with Crippen LogP contribution in [0.4, 0.5) is 0 Å². The fourth-order valence-electron chi connectivity index (χ4n) is 4.56. The molecule has 0 radical (unpaired) electrons. The van der Waals surface area contributed by atoms with Gasteiger partial charge >= 0.3 is 0 Å². The van der Waals surface area contributed by atoms with Crippen LogP contribution in [0.2, 0.25) is 0 Å². The summed E-state index contributed by atoms with van der Waals surface area (Å²) in [5, 5.41) is 5.85. The maximum atomic E-state index is 13.3. The van der Waals surface area contributed by atoms with Crippen LogP contribution >= 0.6 is 12.6 Å².